The number of carboxylic acid groups (broad SMARTS) is 1. The van der Waals surface area contributed by atoms with Gasteiger partial charge in [-0.05, 0) is 19.8 Å². The van der Waals surface area contributed by atoms with Crippen molar-refractivity contribution in [2.45, 2.75) is 26.2 Å². The summed E-state index contributed by atoms with van der Waals surface area (Å²) in [4.78, 5) is 23.4. The molecule has 1 N–H and O–H groups in total. The van der Waals surface area contributed by atoms with E-state index in [0.717, 1.165) is 4.90 Å². The first kappa shape index (κ1) is 11.9. The van der Waals surface area contributed by atoms with Crippen molar-refractivity contribution in [2.24, 2.45) is 5.41 Å². The zero-order chi connectivity index (χ0) is 11.6. The van der Waals surface area contributed by atoms with Crippen LogP contribution < -0.4 is 0 Å². The van der Waals surface area contributed by atoms with Gasteiger partial charge in [-0.2, -0.15) is 0 Å². The molecule has 0 saturated heterocycles. The van der Waals surface area contributed by atoms with Crippen molar-refractivity contribution < 1.29 is 23.5 Å². The molecule has 0 aromatic rings. The first-order chi connectivity index (χ1) is 6.94. The van der Waals surface area contributed by atoms with Crippen molar-refractivity contribution in [2.75, 3.05) is 13.1 Å². The number of nitrogens with zero attached hydrogens (tertiary/aromatic N) is 1. The molecule has 0 heterocycles. The van der Waals surface area contributed by atoms with Gasteiger partial charge in [-0.25, -0.2) is 8.78 Å². The van der Waals surface area contributed by atoms with Crippen LogP contribution >= 0.6 is 0 Å². The van der Waals surface area contributed by atoms with Crippen LogP contribution in [0.4, 0.5) is 8.78 Å². The third-order valence-corrected chi connectivity index (χ3v) is 2.60. The van der Waals surface area contributed by atoms with Crippen LogP contribution in [0, 0.1) is 5.41 Å². The molecule has 86 valence electrons. The number of carboxylic acids is 1. The highest BCUT2D eigenvalue weighted by molar-refractivity contribution is 6.04. The lowest BCUT2D eigenvalue weighted by Crippen LogP contribution is -2.43. The fourth-order valence-electron chi connectivity index (χ4n) is 1.47. The van der Waals surface area contributed by atoms with E-state index >= 15 is 0 Å². The molecule has 0 aromatic heterocycles. The third kappa shape index (κ3) is 2.24. The van der Waals surface area contributed by atoms with Gasteiger partial charge in [0, 0.05) is 6.54 Å². The van der Waals surface area contributed by atoms with Crippen LogP contribution in [0.25, 0.3) is 0 Å². The molecule has 1 rings (SSSR count). The van der Waals surface area contributed by atoms with E-state index in [2.05, 4.69) is 0 Å². The molecule has 4 nitrogen and oxygen atoms in total. The summed E-state index contributed by atoms with van der Waals surface area (Å²) >= 11 is 0. The maximum atomic E-state index is 12.1. The van der Waals surface area contributed by atoms with Crippen LogP contribution in [0.2, 0.25) is 0 Å². The average molecular weight is 221 g/mol. The van der Waals surface area contributed by atoms with Crippen LogP contribution in [0.3, 0.4) is 0 Å². The Morgan fingerprint density at radius 1 is 1.47 bits per heavy atom. The summed E-state index contributed by atoms with van der Waals surface area (Å²) in [6.45, 7) is 0.973. The van der Waals surface area contributed by atoms with Crippen LogP contribution in [-0.2, 0) is 9.59 Å². The third-order valence-electron chi connectivity index (χ3n) is 2.60. The molecule has 6 heteroatoms. The van der Waals surface area contributed by atoms with E-state index < -0.39 is 30.3 Å². The topological polar surface area (TPSA) is 57.6 Å². The standard InChI is InChI=1S/C9H13F2NO3/c1-2-12(5-6(10)11)7(13)9(3-4-9)8(14)15/h6H,2-5H2,1H3,(H,14,15). The highest BCUT2D eigenvalue weighted by Crippen LogP contribution is 2.47. The predicted octanol–water partition coefficient (Wildman–Crippen LogP) is 0.965. The Morgan fingerprint density at radius 2 is 2.00 bits per heavy atom. The highest BCUT2D eigenvalue weighted by Gasteiger charge is 2.58. The molecule has 1 aliphatic rings. The summed E-state index contributed by atoms with van der Waals surface area (Å²) in [6, 6.07) is 0. The zero-order valence-electron chi connectivity index (χ0n) is 8.37. The van der Waals surface area contributed by atoms with Gasteiger partial charge >= 0.3 is 5.97 Å². The van der Waals surface area contributed by atoms with Gasteiger partial charge in [0.1, 0.15) is 5.41 Å². The molecule has 0 radical (unpaired) electrons. The second-order valence-corrected chi connectivity index (χ2v) is 3.62. The van der Waals surface area contributed by atoms with E-state index in [1.807, 2.05) is 0 Å². The highest BCUT2D eigenvalue weighted by atomic mass is 19.3. The molecule has 1 fully saturated rings. The summed E-state index contributed by atoms with van der Waals surface area (Å²) in [5.41, 5.74) is -1.41. The summed E-state index contributed by atoms with van der Waals surface area (Å²) in [5.74, 6) is -1.89. The predicted molar refractivity (Wildman–Crippen MR) is 47.6 cm³/mol. The van der Waals surface area contributed by atoms with Gasteiger partial charge in [-0.1, -0.05) is 0 Å². The minimum Gasteiger partial charge on any atom is -0.480 e. The van der Waals surface area contributed by atoms with E-state index in [4.69, 9.17) is 5.11 Å². The molecular weight excluding hydrogens is 208 g/mol. The summed E-state index contributed by atoms with van der Waals surface area (Å²) in [5, 5.41) is 8.82. The van der Waals surface area contributed by atoms with Crippen LogP contribution in [0.1, 0.15) is 19.8 Å². The Bertz CT molecular complexity index is 277. The molecular formula is C9H13F2NO3. The maximum Gasteiger partial charge on any atom is 0.319 e. The molecule has 0 aromatic carbocycles. The molecule has 1 aliphatic carbocycles. The number of hydrogen-bond donors (Lipinski definition) is 1. The maximum absolute atomic E-state index is 12.1. The van der Waals surface area contributed by atoms with Gasteiger partial charge < -0.3 is 10.0 Å². The zero-order valence-corrected chi connectivity index (χ0v) is 8.37. The Labute approximate surface area is 85.9 Å². The quantitative estimate of drug-likeness (QED) is 0.703. The average Bonchev–Trinajstić information content (AvgIpc) is 2.93. The fourth-order valence-corrected chi connectivity index (χ4v) is 1.47. The van der Waals surface area contributed by atoms with E-state index in [9.17, 15) is 18.4 Å². The Morgan fingerprint density at radius 3 is 2.27 bits per heavy atom. The van der Waals surface area contributed by atoms with Crippen molar-refractivity contribution in [3.8, 4) is 0 Å². The van der Waals surface area contributed by atoms with Crippen molar-refractivity contribution in [3.05, 3.63) is 0 Å². The van der Waals surface area contributed by atoms with Gasteiger partial charge in [0.2, 0.25) is 5.91 Å². The van der Waals surface area contributed by atoms with Crippen molar-refractivity contribution in [1.82, 2.24) is 4.90 Å². The fraction of sp³-hybridized carbons (Fsp3) is 0.778. The number of aliphatic carboxylic acids is 1. The number of alkyl halides is 2. The number of carbonyl (C=O) groups excluding carboxylic acids is 1. The monoisotopic (exact) mass is 221 g/mol. The minimum atomic E-state index is -2.63. The van der Waals surface area contributed by atoms with E-state index in [1.54, 1.807) is 6.92 Å². The lowest BCUT2D eigenvalue weighted by molar-refractivity contribution is -0.154. The molecule has 1 saturated carbocycles. The van der Waals surface area contributed by atoms with E-state index in [1.165, 1.54) is 0 Å². The van der Waals surface area contributed by atoms with Crippen LogP contribution in [0.15, 0.2) is 0 Å². The Hall–Kier alpha value is -1.20. The normalized spacial score (nSPS) is 17.6. The molecule has 0 atom stereocenters. The van der Waals surface area contributed by atoms with Crippen LogP contribution in [0.5, 0.6) is 0 Å². The first-order valence-electron chi connectivity index (χ1n) is 4.75. The Balaban J connectivity index is 2.69. The van der Waals surface area contributed by atoms with Gasteiger partial charge in [0.05, 0.1) is 6.54 Å². The van der Waals surface area contributed by atoms with Gasteiger partial charge in [0.15, 0.2) is 0 Å². The van der Waals surface area contributed by atoms with Crippen molar-refractivity contribution in [3.63, 3.8) is 0 Å². The SMILES string of the molecule is CCN(CC(F)F)C(=O)C1(C(=O)O)CC1. The number of amides is 1. The lowest BCUT2D eigenvalue weighted by atomic mass is 10.1. The molecule has 1 amide bonds. The Kier molecular flexibility index (Phi) is 3.26. The van der Waals surface area contributed by atoms with Gasteiger partial charge in [0.25, 0.3) is 6.43 Å². The molecule has 0 unspecified atom stereocenters. The number of carbonyl (C=O) groups is 2. The van der Waals surface area contributed by atoms with Gasteiger partial charge in [-0.3, -0.25) is 9.59 Å². The largest absolute Gasteiger partial charge is 0.480 e. The number of hydrogen-bond acceptors (Lipinski definition) is 2. The minimum absolute atomic E-state index is 0.109. The van der Waals surface area contributed by atoms with Gasteiger partial charge in [-0.15, -0.1) is 0 Å². The second-order valence-electron chi connectivity index (χ2n) is 3.62. The van der Waals surface area contributed by atoms with Crippen LogP contribution in [-0.4, -0.2) is 41.4 Å². The summed E-state index contributed by atoms with van der Waals surface area (Å²) in [6.07, 6.45) is -2.12. The number of halogens is 2. The lowest BCUT2D eigenvalue weighted by Gasteiger charge is -2.23. The van der Waals surface area contributed by atoms with Crippen molar-refractivity contribution in [1.29, 1.82) is 0 Å². The van der Waals surface area contributed by atoms with E-state index in [0.29, 0.717) is 0 Å². The van der Waals surface area contributed by atoms with Crippen molar-refractivity contribution >= 4 is 11.9 Å². The number of rotatable bonds is 5. The smallest absolute Gasteiger partial charge is 0.319 e. The molecule has 0 spiro atoms. The molecule has 0 bridgehead atoms. The second kappa shape index (κ2) is 4.12. The molecule has 15 heavy (non-hydrogen) atoms. The summed E-state index contributed by atoms with van der Waals surface area (Å²) < 4.78 is 24.2. The van der Waals surface area contributed by atoms with E-state index in [-0.39, 0.29) is 19.4 Å². The summed E-state index contributed by atoms with van der Waals surface area (Å²) in [7, 11) is 0. The molecule has 0 aliphatic heterocycles. The first-order valence-corrected chi connectivity index (χ1v) is 4.75.